The standard InChI is InChI=1S/C22H17N5O2/c28-22(25-12-15-6-5-11-24-21(15)27-14-23-13-26-27)20-16-7-1-3-9-18(16)29-19-10-4-2-8-17(19)20/h1-11,13-14,20H,12H2,(H,25,28). The number of carbonyl (C=O) groups is 1. The zero-order valence-corrected chi connectivity index (χ0v) is 15.4. The largest absolute Gasteiger partial charge is 0.457 e. The van der Waals surface area contributed by atoms with E-state index in [2.05, 4.69) is 20.4 Å². The Morgan fingerprint density at radius 2 is 1.72 bits per heavy atom. The summed E-state index contributed by atoms with van der Waals surface area (Å²) in [4.78, 5) is 21.6. The van der Waals surface area contributed by atoms with Gasteiger partial charge in [-0.2, -0.15) is 5.10 Å². The molecule has 0 unspecified atom stereocenters. The Kier molecular flexibility index (Phi) is 4.25. The number of rotatable bonds is 4. The number of nitrogens with one attached hydrogen (secondary N) is 1. The number of fused-ring (bicyclic) bond motifs is 2. The average Bonchev–Trinajstić information content (AvgIpc) is 3.31. The van der Waals surface area contributed by atoms with E-state index in [1.54, 1.807) is 17.2 Å². The van der Waals surface area contributed by atoms with Gasteiger partial charge in [0.2, 0.25) is 5.91 Å². The monoisotopic (exact) mass is 383 g/mol. The van der Waals surface area contributed by atoms with Gasteiger partial charge in [-0.15, -0.1) is 0 Å². The maximum Gasteiger partial charge on any atom is 0.232 e. The van der Waals surface area contributed by atoms with E-state index in [0.717, 1.165) is 16.7 Å². The van der Waals surface area contributed by atoms with Gasteiger partial charge >= 0.3 is 0 Å². The van der Waals surface area contributed by atoms with E-state index in [1.165, 1.54) is 6.33 Å². The molecular formula is C22H17N5O2. The second-order valence-corrected chi connectivity index (χ2v) is 6.65. The molecule has 0 saturated carbocycles. The topological polar surface area (TPSA) is 81.9 Å². The second kappa shape index (κ2) is 7.20. The zero-order chi connectivity index (χ0) is 19.6. The van der Waals surface area contributed by atoms with Crippen LogP contribution >= 0.6 is 0 Å². The molecule has 7 heteroatoms. The number of nitrogens with zero attached hydrogens (tertiary/aromatic N) is 4. The zero-order valence-electron chi connectivity index (χ0n) is 15.4. The first-order chi connectivity index (χ1) is 14.3. The molecule has 1 N–H and O–H groups in total. The van der Waals surface area contributed by atoms with Gasteiger partial charge in [-0.3, -0.25) is 4.79 Å². The summed E-state index contributed by atoms with van der Waals surface area (Å²) in [5, 5.41) is 7.19. The molecule has 4 aromatic rings. The molecule has 1 aliphatic rings. The quantitative estimate of drug-likeness (QED) is 0.585. The summed E-state index contributed by atoms with van der Waals surface area (Å²) in [5.74, 6) is 1.51. The van der Waals surface area contributed by atoms with Gasteiger partial charge in [0.15, 0.2) is 5.82 Å². The first-order valence-electron chi connectivity index (χ1n) is 9.23. The van der Waals surface area contributed by atoms with Crippen LogP contribution in [0.25, 0.3) is 5.82 Å². The SMILES string of the molecule is O=C(NCc1cccnc1-n1cncn1)C1c2ccccc2Oc2ccccc21. The highest BCUT2D eigenvalue weighted by atomic mass is 16.5. The Morgan fingerprint density at radius 3 is 2.41 bits per heavy atom. The highest BCUT2D eigenvalue weighted by Crippen LogP contribution is 2.43. The lowest BCUT2D eigenvalue weighted by molar-refractivity contribution is -0.122. The fraction of sp³-hybridized carbons (Fsp3) is 0.0909. The highest BCUT2D eigenvalue weighted by molar-refractivity contribution is 5.89. The number of hydrogen-bond acceptors (Lipinski definition) is 5. The lowest BCUT2D eigenvalue weighted by Crippen LogP contribution is -2.31. The molecule has 0 spiro atoms. The molecule has 29 heavy (non-hydrogen) atoms. The molecular weight excluding hydrogens is 366 g/mol. The Hall–Kier alpha value is -4.00. The van der Waals surface area contributed by atoms with Crippen molar-refractivity contribution in [1.82, 2.24) is 25.1 Å². The van der Waals surface area contributed by atoms with Crippen LogP contribution in [0.15, 0.2) is 79.5 Å². The Labute approximate surface area is 167 Å². The maximum atomic E-state index is 13.3. The van der Waals surface area contributed by atoms with Crippen LogP contribution < -0.4 is 10.1 Å². The van der Waals surface area contributed by atoms with E-state index in [-0.39, 0.29) is 5.91 Å². The molecule has 0 saturated heterocycles. The summed E-state index contributed by atoms with van der Waals surface area (Å²) >= 11 is 0. The summed E-state index contributed by atoms with van der Waals surface area (Å²) in [6.07, 6.45) is 4.72. The Balaban J connectivity index is 1.44. The lowest BCUT2D eigenvalue weighted by atomic mass is 9.87. The van der Waals surface area contributed by atoms with Gasteiger partial charge in [-0.25, -0.2) is 14.6 Å². The van der Waals surface area contributed by atoms with Crippen molar-refractivity contribution in [1.29, 1.82) is 0 Å². The molecule has 0 fully saturated rings. The van der Waals surface area contributed by atoms with Crippen molar-refractivity contribution in [3.8, 4) is 17.3 Å². The van der Waals surface area contributed by atoms with Crippen LogP contribution in [0, 0.1) is 0 Å². The van der Waals surface area contributed by atoms with Crippen molar-refractivity contribution < 1.29 is 9.53 Å². The van der Waals surface area contributed by atoms with Crippen molar-refractivity contribution >= 4 is 5.91 Å². The lowest BCUT2D eigenvalue weighted by Gasteiger charge is -2.27. The predicted molar refractivity (Wildman–Crippen MR) is 106 cm³/mol. The average molecular weight is 383 g/mol. The summed E-state index contributed by atoms with van der Waals surface area (Å²) in [6.45, 7) is 0.323. The van der Waals surface area contributed by atoms with Crippen molar-refractivity contribution in [2.75, 3.05) is 0 Å². The molecule has 2 aromatic carbocycles. The maximum absolute atomic E-state index is 13.3. The fourth-order valence-electron chi connectivity index (χ4n) is 3.57. The third-order valence-corrected chi connectivity index (χ3v) is 4.90. The third kappa shape index (κ3) is 3.12. The number of hydrogen-bond donors (Lipinski definition) is 1. The predicted octanol–water partition coefficient (Wildman–Crippen LogP) is 3.22. The van der Waals surface area contributed by atoms with Crippen LogP contribution in [0.5, 0.6) is 11.5 Å². The van der Waals surface area contributed by atoms with E-state index in [1.807, 2.05) is 60.7 Å². The van der Waals surface area contributed by atoms with Crippen molar-refractivity contribution in [3.05, 3.63) is 96.2 Å². The van der Waals surface area contributed by atoms with Gasteiger partial charge in [0.25, 0.3) is 0 Å². The summed E-state index contributed by atoms with van der Waals surface area (Å²) in [7, 11) is 0. The Morgan fingerprint density at radius 1 is 1.00 bits per heavy atom. The van der Waals surface area contributed by atoms with E-state index in [9.17, 15) is 4.79 Å². The number of benzene rings is 2. The molecule has 0 atom stereocenters. The van der Waals surface area contributed by atoms with E-state index >= 15 is 0 Å². The van der Waals surface area contributed by atoms with Gasteiger partial charge in [0.05, 0.1) is 5.92 Å². The summed E-state index contributed by atoms with van der Waals surface area (Å²) in [6, 6.07) is 19.0. The van der Waals surface area contributed by atoms with Crippen LogP contribution in [-0.4, -0.2) is 25.7 Å². The van der Waals surface area contributed by atoms with Crippen LogP contribution in [0.4, 0.5) is 0 Å². The van der Waals surface area contributed by atoms with Gasteiger partial charge in [-0.05, 0) is 18.2 Å². The van der Waals surface area contributed by atoms with Crippen molar-refractivity contribution in [2.45, 2.75) is 12.5 Å². The first-order valence-corrected chi connectivity index (χ1v) is 9.23. The number of carbonyl (C=O) groups excluding carboxylic acids is 1. The fourth-order valence-corrected chi connectivity index (χ4v) is 3.57. The molecule has 7 nitrogen and oxygen atoms in total. The van der Waals surface area contributed by atoms with Gasteiger partial charge in [0, 0.05) is 29.4 Å². The summed E-state index contributed by atoms with van der Waals surface area (Å²) in [5.41, 5.74) is 2.55. The molecule has 3 heterocycles. The number of ether oxygens (including phenoxy) is 1. The minimum Gasteiger partial charge on any atom is -0.457 e. The van der Waals surface area contributed by atoms with Crippen molar-refractivity contribution in [3.63, 3.8) is 0 Å². The van der Waals surface area contributed by atoms with Crippen LogP contribution in [0.3, 0.4) is 0 Å². The van der Waals surface area contributed by atoms with Gasteiger partial charge < -0.3 is 10.1 Å². The summed E-state index contributed by atoms with van der Waals surface area (Å²) < 4.78 is 7.56. The molecule has 2 aromatic heterocycles. The first kappa shape index (κ1) is 17.1. The molecule has 5 rings (SSSR count). The van der Waals surface area contributed by atoms with E-state index in [4.69, 9.17) is 4.74 Å². The highest BCUT2D eigenvalue weighted by Gasteiger charge is 2.32. The van der Waals surface area contributed by atoms with Gasteiger partial charge in [0.1, 0.15) is 24.2 Å². The minimum atomic E-state index is -0.442. The molecule has 1 amide bonds. The van der Waals surface area contributed by atoms with Gasteiger partial charge in [-0.1, -0.05) is 42.5 Å². The number of para-hydroxylation sites is 2. The number of amides is 1. The number of pyridine rings is 1. The third-order valence-electron chi connectivity index (χ3n) is 4.90. The van der Waals surface area contributed by atoms with Crippen LogP contribution in [-0.2, 0) is 11.3 Å². The van der Waals surface area contributed by atoms with Crippen molar-refractivity contribution in [2.24, 2.45) is 0 Å². The second-order valence-electron chi connectivity index (χ2n) is 6.65. The van der Waals surface area contributed by atoms with E-state index in [0.29, 0.717) is 23.9 Å². The normalized spacial score (nSPS) is 12.6. The molecule has 0 radical (unpaired) electrons. The minimum absolute atomic E-state index is 0.0957. The molecule has 1 aliphatic heterocycles. The number of aromatic nitrogens is 4. The Bertz CT molecular complexity index is 1130. The molecule has 0 aliphatic carbocycles. The molecule has 0 bridgehead atoms. The van der Waals surface area contributed by atoms with E-state index < -0.39 is 5.92 Å². The smallest absolute Gasteiger partial charge is 0.232 e. The van der Waals surface area contributed by atoms with Crippen LogP contribution in [0.1, 0.15) is 22.6 Å². The molecule has 142 valence electrons. The van der Waals surface area contributed by atoms with Crippen LogP contribution in [0.2, 0.25) is 0 Å².